The third kappa shape index (κ3) is 2.59. The molecule has 1 atom stereocenters. The molecule has 1 heterocycles. The van der Waals surface area contributed by atoms with Crippen LogP contribution in [0.3, 0.4) is 0 Å². The number of alkyl halides is 3. The summed E-state index contributed by atoms with van der Waals surface area (Å²) in [6, 6.07) is 2.87. The highest BCUT2D eigenvalue weighted by Gasteiger charge is 2.38. The maximum absolute atomic E-state index is 13.0. The Hall–Kier alpha value is -1.92. The van der Waals surface area contributed by atoms with Crippen LogP contribution in [0.15, 0.2) is 18.2 Å². The van der Waals surface area contributed by atoms with Crippen molar-refractivity contribution in [2.75, 3.05) is 17.2 Å². The molecule has 4 nitrogen and oxygen atoms in total. The molecule has 1 aliphatic heterocycles. The Morgan fingerprint density at radius 3 is 2.63 bits per heavy atom. The summed E-state index contributed by atoms with van der Waals surface area (Å²) < 4.78 is 39.0. The number of halogens is 3. The number of amides is 1. The van der Waals surface area contributed by atoms with Crippen LogP contribution < -0.4 is 16.4 Å². The largest absolute Gasteiger partial charge is 0.418 e. The van der Waals surface area contributed by atoms with Crippen LogP contribution in [0.5, 0.6) is 0 Å². The average Bonchev–Trinajstić information content (AvgIpc) is 2.76. The van der Waals surface area contributed by atoms with Gasteiger partial charge in [-0.05, 0) is 31.0 Å². The molecule has 0 radical (unpaired) electrons. The van der Waals surface area contributed by atoms with E-state index < -0.39 is 23.7 Å². The second-order valence-corrected chi connectivity index (χ2v) is 4.53. The van der Waals surface area contributed by atoms with Gasteiger partial charge in [0, 0.05) is 17.9 Å². The molecule has 104 valence electrons. The molecule has 0 aromatic heterocycles. The lowest BCUT2D eigenvalue weighted by Gasteiger charge is -2.27. The molecule has 1 unspecified atom stereocenters. The smallest absolute Gasteiger partial charge is 0.399 e. The van der Waals surface area contributed by atoms with Gasteiger partial charge in [0.25, 0.3) is 0 Å². The van der Waals surface area contributed by atoms with Crippen molar-refractivity contribution in [3.63, 3.8) is 0 Å². The van der Waals surface area contributed by atoms with E-state index in [-0.39, 0.29) is 11.4 Å². The van der Waals surface area contributed by atoms with Gasteiger partial charge in [0.1, 0.15) is 6.04 Å². The highest BCUT2D eigenvalue weighted by atomic mass is 19.4. The molecule has 0 saturated carbocycles. The normalized spacial score (nSPS) is 19.7. The van der Waals surface area contributed by atoms with Gasteiger partial charge in [-0.25, -0.2) is 0 Å². The number of nitrogens with zero attached hydrogens (tertiary/aromatic N) is 1. The zero-order valence-corrected chi connectivity index (χ0v) is 10.1. The minimum atomic E-state index is -4.52. The molecule has 1 aromatic carbocycles. The van der Waals surface area contributed by atoms with E-state index in [0.29, 0.717) is 19.4 Å². The third-order valence-electron chi connectivity index (χ3n) is 3.22. The summed E-state index contributed by atoms with van der Waals surface area (Å²) in [5.41, 5.74) is 9.80. The molecule has 1 amide bonds. The lowest BCUT2D eigenvalue weighted by atomic mass is 10.1. The van der Waals surface area contributed by atoms with Crippen LogP contribution in [0.1, 0.15) is 18.4 Å². The Labute approximate surface area is 108 Å². The fourth-order valence-corrected chi connectivity index (χ4v) is 2.38. The van der Waals surface area contributed by atoms with Crippen molar-refractivity contribution in [2.45, 2.75) is 25.1 Å². The number of nitrogens with two attached hydrogens (primary N) is 2. The van der Waals surface area contributed by atoms with Gasteiger partial charge in [0.2, 0.25) is 5.91 Å². The molecule has 7 heteroatoms. The minimum absolute atomic E-state index is 0.0332. The van der Waals surface area contributed by atoms with Gasteiger partial charge in [-0.3, -0.25) is 4.79 Å². The summed E-state index contributed by atoms with van der Waals surface area (Å²) in [5.74, 6) is -0.609. The predicted molar refractivity (Wildman–Crippen MR) is 65.4 cm³/mol. The van der Waals surface area contributed by atoms with Crippen molar-refractivity contribution >= 4 is 17.3 Å². The molecule has 0 aliphatic carbocycles. The van der Waals surface area contributed by atoms with E-state index in [1.165, 1.54) is 17.0 Å². The quantitative estimate of drug-likeness (QED) is 0.806. The van der Waals surface area contributed by atoms with E-state index >= 15 is 0 Å². The van der Waals surface area contributed by atoms with Crippen molar-refractivity contribution in [2.24, 2.45) is 5.73 Å². The maximum atomic E-state index is 13.0. The topological polar surface area (TPSA) is 72.4 Å². The molecule has 1 aromatic rings. The van der Waals surface area contributed by atoms with Gasteiger partial charge in [-0.1, -0.05) is 0 Å². The number of carbonyl (C=O) groups excluding carboxylic acids is 1. The van der Waals surface area contributed by atoms with Crippen LogP contribution in [0.25, 0.3) is 0 Å². The molecule has 19 heavy (non-hydrogen) atoms. The summed E-state index contributed by atoms with van der Waals surface area (Å²) in [7, 11) is 0. The van der Waals surface area contributed by atoms with Crippen molar-refractivity contribution in [1.29, 1.82) is 0 Å². The van der Waals surface area contributed by atoms with Crippen molar-refractivity contribution in [3.8, 4) is 0 Å². The van der Waals surface area contributed by atoms with Gasteiger partial charge >= 0.3 is 6.18 Å². The molecule has 4 N–H and O–H groups in total. The van der Waals surface area contributed by atoms with Crippen LogP contribution in [0.2, 0.25) is 0 Å². The summed E-state index contributed by atoms with van der Waals surface area (Å²) >= 11 is 0. The van der Waals surface area contributed by atoms with Gasteiger partial charge < -0.3 is 16.4 Å². The Morgan fingerprint density at radius 1 is 1.37 bits per heavy atom. The standard InChI is InChI=1S/C12H14F3N3O/c13-12(14,15)8-6-7(16)3-4-9(8)18-5-1-2-10(18)11(17)19/h3-4,6,10H,1-2,5,16H2,(H2,17,19). The number of hydrogen-bond donors (Lipinski definition) is 2. The molecule has 2 rings (SSSR count). The number of carbonyl (C=O) groups is 1. The van der Waals surface area contributed by atoms with Gasteiger partial charge in [0.15, 0.2) is 0 Å². The van der Waals surface area contributed by atoms with E-state index in [9.17, 15) is 18.0 Å². The van der Waals surface area contributed by atoms with E-state index in [0.717, 1.165) is 6.07 Å². The summed E-state index contributed by atoms with van der Waals surface area (Å²) in [6.07, 6.45) is -3.41. The number of nitrogen functional groups attached to an aromatic ring is 1. The Morgan fingerprint density at radius 2 is 2.05 bits per heavy atom. The summed E-state index contributed by atoms with van der Waals surface area (Å²) in [5, 5.41) is 0. The fourth-order valence-electron chi connectivity index (χ4n) is 2.38. The first-order valence-corrected chi connectivity index (χ1v) is 5.83. The van der Waals surface area contributed by atoms with E-state index in [1.54, 1.807) is 0 Å². The first kappa shape index (κ1) is 13.5. The second-order valence-electron chi connectivity index (χ2n) is 4.53. The first-order chi connectivity index (χ1) is 8.80. The van der Waals surface area contributed by atoms with Crippen LogP contribution in [-0.2, 0) is 11.0 Å². The predicted octanol–water partition coefficient (Wildman–Crippen LogP) is 1.74. The van der Waals surface area contributed by atoms with Crippen molar-refractivity contribution < 1.29 is 18.0 Å². The zero-order chi connectivity index (χ0) is 14.2. The Bertz CT molecular complexity index is 501. The molecular formula is C12H14F3N3O. The number of primary amides is 1. The molecule has 1 saturated heterocycles. The highest BCUT2D eigenvalue weighted by Crippen LogP contribution is 2.40. The van der Waals surface area contributed by atoms with Crippen LogP contribution >= 0.6 is 0 Å². The number of benzene rings is 1. The summed E-state index contributed by atoms with van der Waals surface area (Å²) in [6.45, 7) is 0.376. The number of hydrogen-bond acceptors (Lipinski definition) is 3. The highest BCUT2D eigenvalue weighted by molar-refractivity contribution is 5.85. The Kier molecular flexibility index (Phi) is 3.30. The second kappa shape index (κ2) is 4.64. The fraction of sp³-hybridized carbons (Fsp3) is 0.417. The lowest BCUT2D eigenvalue weighted by molar-refractivity contribution is -0.137. The minimum Gasteiger partial charge on any atom is -0.399 e. The van der Waals surface area contributed by atoms with E-state index in [1.807, 2.05) is 0 Å². The SMILES string of the molecule is NC(=O)C1CCCN1c1ccc(N)cc1C(F)(F)F. The molecule has 0 spiro atoms. The van der Waals surface area contributed by atoms with Gasteiger partial charge in [-0.2, -0.15) is 13.2 Å². The number of anilines is 2. The lowest BCUT2D eigenvalue weighted by Crippen LogP contribution is -2.41. The Balaban J connectivity index is 2.47. The maximum Gasteiger partial charge on any atom is 0.418 e. The van der Waals surface area contributed by atoms with Gasteiger partial charge in [-0.15, -0.1) is 0 Å². The third-order valence-corrected chi connectivity index (χ3v) is 3.22. The molecule has 1 aliphatic rings. The van der Waals surface area contributed by atoms with Crippen molar-refractivity contribution in [3.05, 3.63) is 23.8 Å². The summed E-state index contributed by atoms with van der Waals surface area (Å²) in [4.78, 5) is 12.7. The van der Waals surface area contributed by atoms with E-state index in [2.05, 4.69) is 0 Å². The van der Waals surface area contributed by atoms with Crippen LogP contribution in [-0.4, -0.2) is 18.5 Å². The zero-order valence-electron chi connectivity index (χ0n) is 10.1. The van der Waals surface area contributed by atoms with Crippen molar-refractivity contribution in [1.82, 2.24) is 0 Å². The molecule has 1 fully saturated rings. The van der Waals surface area contributed by atoms with Crippen LogP contribution in [0, 0.1) is 0 Å². The van der Waals surface area contributed by atoms with E-state index in [4.69, 9.17) is 11.5 Å². The van der Waals surface area contributed by atoms with Gasteiger partial charge in [0.05, 0.1) is 5.56 Å². The molecular weight excluding hydrogens is 259 g/mol. The first-order valence-electron chi connectivity index (χ1n) is 5.83. The monoisotopic (exact) mass is 273 g/mol. The average molecular weight is 273 g/mol. The number of rotatable bonds is 2. The molecule has 0 bridgehead atoms. The van der Waals surface area contributed by atoms with Crippen LogP contribution in [0.4, 0.5) is 24.5 Å².